The van der Waals surface area contributed by atoms with Crippen LogP contribution in [0.25, 0.3) is 0 Å². The van der Waals surface area contributed by atoms with Crippen LogP contribution in [0.3, 0.4) is 0 Å². The van der Waals surface area contributed by atoms with E-state index in [2.05, 4.69) is 25.8 Å². The molecule has 1 aliphatic carbocycles. The average molecular weight is 435 g/mol. The van der Waals surface area contributed by atoms with E-state index in [1.54, 1.807) is 6.07 Å². The lowest BCUT2D eigenvalue weighted by Crippen LogP contribution is -2.42. The minimum absolute atomic E-state index is 0.0371. The van der Waals surface area contributed by atoms with Crippen LogP contribution in [0.5, 0.6) is 0 Å². The molecule has 0 bridgehead atoms. The van der Waals surface area contributed by atoms with Gasteiger partial charge >= 0.3 is 0 Å². The number of benzene rings is 1. The number of nitriles is 1. The molecule has 6 heteroatoms. The highest BCUT2D eigenvalue weighted by Gasteiger charge is 2.42. The van der Waals surface area contributed by atoms with Crippen molar-refractivity contribution in [2.75, 3.05) is 18.5 Å². The number of aryl methyl sites for hydroxylation is 1. The van der Waals surface area contributed by atoms with E-state index in [1.165, 1.54) is 6.07 Å². The Kier molecular flexibility index (Phi) is 6.05. The molecule has 32 heavy (non-hydrogen) atoms. The van der Waals surface area contributed by atoms with Crippen LogP contribution < -0.4 is 4.90 Å². The molecule has 1 saturated carbocycles. The number of fused-ring (bicyclic) bond motifs is 1. The lowest BCUT2D eigenvalue weighted by Gasteiger charge is -2.35. The Balaban J connectivity index is 1.37. The molecule has 0 radical (unpaired) electrons. The zero-order valence-electron chi connectivity index (χ0n) is 19.4. The Morgan fingerprint density at radius 1 is 1.25 bits per heavy atom. The third-order valence-corrected chi connectivity index (χ3v) is 7.02. The fourth-order valence-electron chi connectivity index (χ4n) is 5.17. The van der Waals surface area contributed by atoms with Gasteiger partial charge in [0.15, 0.2) is 0 Å². The van der Waals surface area contributed by atoms with Crippen LogP contribution in [0.1, 0.15) is 62.0 Å². The van der Waals surface area contributed by atoms with Gasteiger partial charge in [-0.05, 0) is 69.5 Å². The molecule has 5 nitrogen and oxygen atoms in total. The molecule has 168 valence electrons. The smallest absolute Gasteiger partial charge is 0.230 e. The lowest BCUT2D eigenvalue weighted by atomic mass is 9.84. The van der Waals surface area contributed by atoms with E-state index in [4.69, 9.17) is 10.2 Å². The second-order valence-electron chi connectivity index (χ2n) is 9.98. The summed E-state index contributed by atoms with van der Waals surface area (Å²) in [6, 6.07) is 11.1. The number of halogens is 1. The van der Waals surface area contributed by atoms with Crippen molar-refractivity contribution in [1.82, 2.24) is 9.88 Å². The van der Waals surface area contributed by atoms with E-state index in [1.807, 2.05) is 36.1 Å². The van der Waals surface area contributed by atoms with E-state index in [-0.39, 0.29) is 22.8 Å². The molecule has 1 aromatic carbocycles. The third-order valence-electron chi connectivity index (χ3n) is 7.02. The Bertz CT molecular complexity index is 1070. The van der Waals surface area contributed by atoms with Gasteiger partial charge in [0.1, 0.15) is 11.9 Å². The number of nitrogens with zero attached hydrogens (tertiary/aromatic N) is 4. The van der Waals surface area contributed by atoms with Gasteiger partial charge in [0.25, 0.3) is 0 Å². The average Bonchev–Trinajstić information content (AvgIpc) is 3.03. The largest absolute Gasteiger partial charge is 0.309 e. The normalized spacial score (nSPS) is 22.0. The molecule has 1 fully saturated rings. The van der Waals surface area contributed by atoms with Gasteiger partial charge in [-0.25, -0.2) is 4.39 Å². The van der Waals surface area contributed by atoms with Crippen molar-refractivity contribution in [2.45, 2.75) is 64.5 Å². The first kappa shape index (κ1) is 22.4. The zero-order valence-corrected chi connectivity index (χ0v) is 19.4. The SMILES string of the molecule is Cc1ccc2c(n1)C(C)(C)CN2C(=O)[C@H]1CC[C@H](N(C)Cc2ccc(C#N)c(F)c2)CC1. The van der Waals surface area contributed by atoms with Gasteiger partial charge in [-0.3, -0.25) is 14.7 Å². The summed E-state index contributed by atoms with van der Waals surface area (Å²) in [4.78, 5) is 22.3. The maximum atomic E-state index is 13.9. The number of pyridine rings is 1. The number of carbonyl (C=O) groups excluding carboxylic acids is 1. The van der Waals surface area contributed by atoms with Crippen molar-refractivity contribution >= 4 is 11.6 Å². The Hall–Kier alpha value is -2.78. The highest BCUT2D eigenvalue weighted by molar-refractivity contribution is 5.97. The molecule has 2 aromatic rings. The van der Waals surface area contributed by atoms with Crippen LogP contribution in [0.15, 0.2) is 30.3 Å². The maximum Gasteiger partial charge on any atom is 0.230 e. The molecule has 2 aliphatic rings. The molecular weight excluding hydrogens is 403 g/mol. The van der Waals surface area contributed by atoms with Crippen LogP contribution >= 0.6 is 0 Å². The highest BCUT2D eigenvalue weighted by Crippen LogP contribution is 2.41. The predicted molar refractivity (Wildman–Crippen MR) is 123 cm³/mol. The highest BCUT2D eigenvalue weighted by atomic mass is 19.1. The standard InChI is InChI=1S/C26H31FN4O/c1-17-5-12-23-24(29-17)26(2,3)16-31(23)25(32)19-8-10-21(11-9-19)30(4)15-18-6-7-20(14-28)22(27)13-18/h5-7,12-13,19,21H,8-11,15-16H2,1-4H3/t19-,21-. The Morgan fingerprint density at radius 2 is 1.97 bits per heavy atom. The van der Waals surface area contributed by atoms with Crippen molar-refractivity contribution in [3.05, 3.63) is 58.7 Å². The Morgan fingerprint density at radius 3 is 2.62 bits per heavy atom. The summed E-state index contributed by atoms with van der Waals surface area (Å²) < 4.78 is 13.9. The van der Waals surface area contributed by atoms with E-state index < -0.39 is 5.82 Å². The molecular formula is C26H31FN4O. The Labute approximate surface area is 189 Å². The molecule has 0 unspecified atom stereocenters. The van der Waals surface area contributed by atoms with Gasteiger partial charge in [-0.15, -0.1) is 0 Å². The molecule has 0 atom stereocenters. The second kappa shape index (κ2) is 8.63. The van der Waals surface area contributed by atoms with Crippen LogP contribution in [0, 0.1) is 30.0 Å². The number of hydrogen-bond acceptors (Lipinski definition) is 4. The summed E-state index contributed by atoms with van der Waals surface area (Å²) in [6.07, 6.45) is 3.62. The molecule has 0 N–H and O–H groups in total. The van der Waals surface area contributed by atoms with Crippen molar-refractivity contribution in [3.8, 4) is 6.07 Å². The first-order valence-corrected chi connectivity index (χ1v) is 11.4. The number of anilines is 1. The molecule has 1 aliphatic heterocycles. The van der Waals surface area contributed by atoms with Gasteiger partial charge in [-0.1, -0.05) is 19.9 Å². The van der Waals surface area contributed by atoms with Crippen molar-refractivity contribution < 1.29 is 9.18 Å². The quantitative estimate of drug-likeness (QED) is 0.699. The van der Waals surface area contributed by atoms with Crippen LogP contribution in [-0.2, 0) is 16.8 Å². The summed E-state index contributed by atoms with van der Waals surface area (Å²) >= 11 is 0. The van der Waals surface area contributed by atoms with E-state index in [0.29, 0.717) is 19.1 Å². The number of rotatable bonds is 4. The topological polar surface area (TPSA) is 60.2 Å². The minimum Gasteiger partial charge on any atom is -0.309 e. The second-order valence-corrected chi connectivity index (χ2v) is 9.98. The third kappa shape index (κ3) is 4.27. The molecule has 0 saturated heterocycles. The van der Waals surface area contributed by atoms with Crippen molar-refractivity contribution in [3.63, 3.8) is 0 Å². The minimum atomic E-state index is -0.466. The van der Waals surface area contributed by atoms with Gasteiger partial charge in [0.2, 0.25) is 5.91 Å². The first-order valence-electron chi connectivity index (χ1n) is 11.4. The van der Waals surface area contributed by atoms with Gasteiger partial charge in [0.05, 0.1) is 16.9 Å². The number of amides is 1. The summed E-state index contributed by atoms with van der Waals surface area (Å²) in [6.45, 7) is 7.62. The monoisotopic (exact) mass is 434 g/mol. The summed E-state index contributed by atoms with van der Waals surface area (Å²) in [5.74, 6) is -0.209. The van der Waals surface area contributed by atoms with E-state index >= 15 is 0 Å². The summed E-state index contributed by atoms with van der Waals surface area (Å²) in [5, 5.41) is 8.90. The number of hydrogen-bond donors (Lipinski definition) is 0. The summed E-state index contributed by atoms with van der Waals surface area (Å²) in [5.41, 5.74) is 3.77. The van der Waals surface area contributed by atoms with Gasteiger partial charge in [-0.2, -0.15) is 5.26 Å². The fraction of sp³-hybridized carbons (Fsp3) is 0.500. The van der Waals surface area contributed by atoms with E-state index in [0.717, 1.165) is 48.3 Å². The number of aromatic nitrogens is 1. The first-order chi connectivity index (χ1) is 15.2. The van der Waals surface area contributed by atoms with Gasteiger partial charge in [0, 0.05) is 36.2 Å². The molecule has 1 amide bonds. The van der Waals surface area contributed by atoms with Gasteiger partial charge < -0.3 is 4.90 Å². The summed E-state index contributed by atoms with van der Waals surface area (Å²) in [7, 11) is 2.05. The van der Waals surface area contributed by atoms with E-state index in [9.17, 15) is 9.18 Å². The lowest BCUT2D eigenvalue weighted by molar-refractivity contribution is -0.123. The molecule has 2 heterocycles. The zero-order chi connectivity index (χ0) is 23.0. The number of carbonyl (C=O) groups is 1. The predicted octanol–water partition coefficient (Wildman–Crippen LogP) is 4.72. The van der Waals surface area contributed by atoms with Crippen molar-refractivity contribution in [1.29, 1.82) is 5.26 Å². The van der Waals surface area contributed by atoms with Crippen molar-refractivity contribution in [2.24, 2.45) is 5.92 Å². The molecule has 1 aromatic heterocycles. The fourth-order valence-corrected chi connectivity index (χ4v) is 5.17. The van der Waals surface area contributed by atoms with Crippen LogP contribution in [0.4, 0.5) is 10.1 Å². The van der Waals surface area contributed by atoms with Crippen LogP contribution in [0.2, 0.25) is 0 Å². The molecule has 0 spiro atoms. The van der Waals surface area contributed by atoms with Crippen LogP contribution in [-0.4, -0.2) is 35.4 Å². The molecule has 4 rings (SSSR count). The maximum absolute atomic E-state index is 13.9.